The number of aryl methyl sites for hydroxylation is 1. The van der Waals surface area contributed by atoms with Crippen LogP contribution in [0.3, 0.4) is 0 Å². The molecule has 2 N–H and O–H groups in total. The summed E-state index contributed by atoms with van der Waals surface area (Å²) in [5.41, 5.74) is -0.152. The summed E-state index contributed by atoms with van der Waals surface area (Å²) < 4.78 is 0. The van der Waals surface area contributed by atoms with Crippen molar-refractivity contribution in [1.82, 2.24) is 0 Å². The lowest BCUT2D eigenvalue weighted by molar-refractivity contribution is -0.124. The van der Waals surface area contributed by atoms with Crippen molar-refractivity contribution in [3.8, 4) is 0 Å². The molecule has 4 nitrogen and oxygen atoms in total. The first-order valence-corrected chi connectivity index (χ1v) is 6.89. The first kappa shape index (κ1) is 13.1. The number of carboxylic acids is 1. The Morgan fingerprint density at radius 2 is 2.00 bits per heavy atom. The van der Waals surface area contributed by atoms with E-state index < -0.39 is 5.97 Å². The number of carboxylic acid groups (broad SMARTS) is 1. The van der Waals surface area contributed by atoms with Crippen molar-refractivity contribution < 1.29 is 14.7 Å². The van der Waals surface area contributed by atoms with E-state index >= 15 is 0 Å². The van der Waals surface area contributed by atoms with Gasteiger partial charge in [0, 0.05) is 10.3 Å². The highest BCUT2D eigenvalue weighted by atomic mass is 32.1. The summed E-state index contributed by atoms with van der Waals surface area (Å²) >= 11 is 1.32. The second-order valence-electron chi connectivity index (χ2n) is 5.13. The van der Waals surface area contributed by atoms with Gasteiger partial charge in [0.05, 0.1) is 5.56 Å². The number of thiophene rings is 1. The van der Waals surface area contributed by atoms with Gasteiger partial charge >= 0.3 is 5.97 Å². The summed E-state index contributed by atoms with van der Waals surface area (Å²) in [7, 11) is 0. The van der Waals surface area contributed by atoms with Gasteiger partial charge in [0.25, 0.3) is 0 Å². The Bertz CT molecular complexity index is 486. The minimum atomic E-state index is -0.994. The Labute approximate surface area is 110 Å². The molecular formula is C13H17NO3S. The van der Waals surface area contributed by atoms with Gasteiger partial charge in [0.2, 0.25) is 5.91 Å². The first-order chi connectivity index (χ1) is 8.42. The molecule has 2 rings (SSSR count). The van der Waals surface area contributed by atoms with E-state index in [1.165, 1.54) is 11.3 Å². The van der Waals surface area contributed by atoms with Gasteiger partial charge in [-0.2, -0.15) is 0 Å². The van der Waals surface area contributed by atoms with Crippen LogP contribution in [0.25, 0.3) is 0 Å². The molecule has 18 heavy (non-hydrogen) atoms. The second-order valence-corrected chi connectivity index (χ2v) is 6.38. The third-order valence-corrected chi connectivity index (χ3v) is 4.53. The van der Waals surface area contributed by atoms with Crippen LogP contribution in [0.2, 0.25) is 0 Å². The highest BCUT2D eigenvalue weighted by molar-refractivity contribution is 7.16. The monoisotopic (exact) mass is 267 g/mol. The molecule has 5 heteroatoms. The average Bonchev–Trinajstić information content (AvgIpc) is 2.86. The lowest BCUT2D eigenvalue weighted by atomic mass is 9.88. The summed E-state index contributed by atoms with van der Waals surface area (Å²) in [6.45, 7) is 3.79. The van der Waals surface area contributed by atoms with Crippen LogP contribution in [0, 0.1) is 12.3 Å². The summed E-state index contributed by atoms with van der Waals surface area (Å²) in [6.07, 6.45) is 3.90. The summed E-state index contributed by atoms with van der Waals surface area (Å²) in [5.74, 6) is -1.05. The van der Waals surface area contributed by atoms with Gasteiger partial charge in [-0.25, -0.2) is 4.79 Å². The normalized spacial score (nSPS) is 17.7. The topological polar surface area (TPSA) is 66.4 Å². The van der Waals surface area contributed by atoms with E-state index in [4.69, 9.17) is 5.11 Å². The van der Waals surface area contributed by atoms with Crippen LogP contribution in [0.15, 0.2) is 6.07 Å². The molecule has 1 fully saturated rings. The zero-order valence-corrected chi connectivity index (χ0v) is 11.4. The number of hydrogen-bond donors (Lipinski definition) is 2. The highest BCUT2D eigenvalue weighted by Gasteiger charge is 2.36. The zero-order valence-electron chi connectivity index (χ0n) is 10.6. The number of carbonyl (C=O) groups is 2. The molecule has 1 saturated carbocycles. The molecule has 1 aliphatic carbocycles. The number of hydrogen-bond acceptors (Lipinski definition) is 3. The van der Waals surface area contributed by atoms with Crippen molar-refractivity contribution in [3.63, 3.8) is 0 Å². The van der Waals surface area contributed by atoms with Gasteiger partial charge in [0.1, 0.15) is 5.00 Å². The molecule has 0 aromatic carbocycles. The SMILES string of the molecule is Cc1cc(C(=O)O)c(NC(=O)C2(C)CCCC2)s1. The van der Waals surface area contributed by atoms with Crippen molar-refractivity contribution in [2.24, 2.45) is 5.41 Å². The van der Waals surface area contributed by atoms with Crippen LogP contribution >= 0.6 is 11.3 Å². The van der Waals surface area contributed by atoms with E-state index in [0.717, 1.165) is 30.6 Å². The summed E-state index contributed by atoms with van der Waals surface area (Å²) in [6, 6.07) is 1.60. The molecule has 1 aromatic heterocycles. The zero-order chi connectivity index (χ0) is 13.3. The molecule has 0 radical (unpaired) electrons. The maximum absolute atomic E-state index is 12.2. The highest BCUT2D eigenvalue weighted by Crippen LogP contribution is 2.39. The van der Waals surface area contributed by atoms with E-state index in [1.54, 1.807) is 6.07 Å². The standard InChI is InChI=1S/C13H17NO3S/c1-8-7-9(11(15)16)10(18-8)14-12(17)13(2)5-3-4-6-13/h7H,3-6H2,1-2H3,(H,14,17)(H,15,16). The summed E-state index contributed by atoms with van der Waals surface area (Å²) in [5, 5.41) is 12.3. The van der Waals surface area contributed by atoms with Gasteiger partial charge < -0.3 is 10.4 Å². The van der Waals surface area contributed by atoms with Crippen molar-refractivity contribution >= 4 is 28.2 Å². The maximum Gasteiger partial charge on any atom is 0.338 e. The minimum Gasteiger partial charge on any atom is -0.478 e. The molecule has 98 valence electrons. The summed E-state index contributed by atoms with van der Waals surface area (Å²) in [4.78, 5) is 24.2. The maximum atomic E-state index is 12.2. The molecule has 0 spiro atoms. The smallest absolute Gasteiger partial charge is 0.338 e. The number of anilines is 1. The van der Waals surface area contributed by atoms with Crippen molar-refractivity contribution in [3.05, 3.63) is 16.5 Å². The van der Waals surface area contributed by atoms with E-state index in [0.29, 0.717) is 5.00 Å². The van der Waals surface area contributed by atoms with E-state index in [2.05, 4.69) is 5.32 Å². The van der Waals surface area contributed by atoms with Gasteiger partial charge in [-0.3, -0.25) is 4.79 Å². The van der Waals surface area contributed by atoms with Crippen LogP contribution in [0.5, 0.6) is 0 Å². The van der Waals surface area contributed by atoms with Crippen LogP contribution in [-0.2, 0) is 4.79 Å². The number of aromatic carboxylic acids is 1. The molecule has 0 bridgehead atoms. The fourth-order valence-corrected chi connectivity index (χ4v) is 3.30. The third-order valence-electron chi connectivity index (χ3n) is 3.57. The van der Waals surface area contributed by atoms with Crippen LogP contribution in [-0.4, -0.2) is 17.0 Å². The van der Waals surface area contributed by atoms with Crippen molar-refractivity contribution in [2.75, 3.05) is 5.32 Å². The predicted molar refractivity (Wildman–Crippen MR) is 71.2 cm³/mol. The third kappa shape index (κ3) is 2.41. The number of carbonyl (C=O) groups excluding carboxylic acids is 1. The fourth-order valence-electron chi connectivity index (χ4n) is 2.40. The molecule has 1 heterocycles. The Kier molecular flexibility index (Phi) is 3.43. The van der Waals surface area contributed by atoms with E-state index in [1.807, 2.05) is 13.8 Å². The van der Waals surface area contributed by atoms with Gasteiger partial charge in [-0.05, 0) is 25.8 Å². The quantitative estimate of drug-likeness (QED) is 0.883. The largest absolute Gasteiger partial charge is 0.478 e. The number of amides is 1. The molecule has 0 saturated heterocycles. The van der Waals surface area contributed by atoms with E-state index in [-0.39, 0.29) is 16.9 Å². The molecule has 0 atom stereocenters. The lowest BCUT2D eigenvalue weighted by Crippen LogP contribution is -2.30. The Morgan fingerprint density at radius 1 is 1.39 bits per heavy atom. The van der Waals surface area contributed by atoms with Gasteiger partial charge in [-0.1, -0.05) is 19.8 Å². The van der Waals surface area contributed by atoms with Gasteiger partial charge in [-0.15, -0.1) is 11.3 Å². The molecule has 1 aromatic rings. The molecular weight excluding hydrogens is 250 g/mol. The lowest BCUT2D eigenvalue weighted by Gasteiger charge is -2.21. The number of rotatable bonds is 3. The molecule has 0 unspecified atom stereocenters. The number of nitrogens with one attached hydrogen (secondary N) is 1. The van der Waals surface area contributed by atoms with Crippen LogP contribution in [0.1, 0.15) is 47.8 Å². The Balaban J connectivity index is 2.19. The first-order valence-electron chi connectivity index (χ1n) is 6.07. The van der Waals surface area contributed by atoms with Crippen molar-refractivity contribution in [1.29, 1.82) is 0 Å². The molecule has 1 amide bonds. The average molecular weight is 267 g/mol. The second kappa shape index (κ2) is 4.72. The molecule has 1 aliphatic rings. The van der Waals surface area contributed by atoms with Crippen molar-refractivity contribution in [2.45, 2.75) is 39.5 Å². The minimum absolute atomic E-state index is 0.0515. The predicted octanol–water partition coefficient (Wildman–Crippen LogP) is 3.27. The fraction of sp³-hybridized carbons (Fsp3) is 0.538. The van der Waals surface area contributed by atoms with Gasteiger partial charge in [0.15, 0.2) is 0 Å². The Hall–Kier alpha value is -1.36. The molecule has 0 aliphatic heterocycles. The van der Waals surface area contributed by atoms with Crippen LogP contribution < -0.4 is 5.32 Å². The van der Waals surface area contributed by atoms with E-state index in [9.17, 15) is 9.59 Å². The Morgan fingerprint density at radius 3 is 2.56 bits per heavy atom. The van der Waals surface area contributed by atoms with Crippen LogP contribution in [0.4, 0.5) is 5.00 Å².